The van der Waals surface area contributed by atoms with E-state index >= 15 is 0 Å². The number of anilines is 1. The molecule has 2 fully saturated rings. The van der Waals surface area contributed by atoms with Crippen LogP contribution in [0.3, 0.4) is 0 Å². The van der Waals surface area contributed by atoms with Crippen LogP contribution in [0.2, 0.25) is 0 Å². The van der Waals surface area contributed by atoms with Crippen LogP contribution in [0.25, 0.3) is 0 Å². The lowest BCUT2D eigenvalue weighted by molar-refractivity contribution is -0.123. The molecule has 0 unspecified atom stereocenters. The Hall–Kier alpha value is -2.69. The molecule has 4 atom stereocenters. The summed E-state index contributed by atoms with van der Waals surface area (Å²) < 4.78 is 1.90. The van der Waals surface area contributed by atoms with Crippen LogP contribution in [0.1, 0.15) is 28.9 Å². The van der Waals surface area contributed by atoms with Crippen molar-refractivity contribution >= 4 is 17.5 Å². The van der Waals surface area contributed by atoms with E-state index in [1.54, 1.807) is 0 Å². The topological polar surface area (TPSA) is 55.2 Å². The van der Waals surface area contributed by atoms with Crippen molar-refractivity contribution < 1.29 is 9.59 Å². The number of aryl methyl sites for hydroxylation is 2. The van der Waals surface area contributed by atoms with Crippen molar-refractivity contribution in [2.75, 3.05) is 4.90 Å². The highest BCUT2D eigenvalue weighted by atomic mass is 16.2. The van der Waals surface area contributed by atoms with E-state index < -0.39 is 0 Å². The maximum atomic E-state index is 13.1. The van der Waals surface area contributed by atoms with Crippen molar-refractivity contribution in [1.82, 2.24) is 9.78 Å². The monoisotopic (exact) mass is 361 g/mol. The Labute approximate surface area is 158 Å². The zero-order valence-electron chi connectivity index (χ0n) is 15.8. The molecule has 1 aromatic carbocycles. The van der Waals surface area contributed by atoms with Crippen LogP contribution in [-0.2, 0) is 16.1 Å². The Kier molecular flexibility index (Phi) is 3.45. The molecule has 0 radical (unpaired) electrons. The van der Waals surface area contributed by atoms with Crippen molar-refractivity contribution in [3.63, 3.8) is 0 Å². The van der Waals surface area contributed by atoms with Crippen molar-refractivity contribution in [2.24, 2.45) is 23.7 Å². The number of rotatable bonds is 3. The number of nitrogens with zero attached hydrogens (tertiary/aromatic N) is 3. The smallest absolute Gasteiger partial charge is 0.238 e. The second-order valence-electron chi connectivity index (χ2n) is 8.17. The SMILES string of the molecule is Cc1ccc(Cn2nc(C)c(N3C(=O)[C@@H]4[C@@H](C3=O)[C@H]3C=C[C@H]4C3)c2C)cc1. The zero-order valence-corrected chi connectivity index (χ0v) is 15.8. The number of hydrogen-bond acceptors (Lipinski definition) is 3. The van der Waals surface area contributed by atoms with Gasteiger partial charge < -0.3 is 0 Å². The summed E-state index contributed by atoms with van der Waals surface area (Å²) in [4.78, 5) is 27.7. The molecule has 1 aromatic heterocycles. The molecule has 2 bridgehead atoms. The molecule has 138 valence electrons. The first kappa shape index (κ1) is 16.5. The summed E-state index contributed by atoms with van der Waals surface area (Å²) in [6.45, 7) is 6.53. The van der Waals surface area contributed by atoms with Gasteiger partial charge in [-0.05, 0) is 44.6 Å². The van der Waals surface area contributed by atoms with E-state index in [-0.39, 0.29) is 35.5 Å². The van der Waals surface area contributed by atoms with Crippen LogP contribution < -0.4 is 4.90 Å². The number of allylic oxidation sites excluding steroid dienone is 2. The van der Waals surface area contributed by atoms with Crippen LogP contribution in [0, 0.1) is 44.4 Å². The molecule has 2 aliphatic carbocycles. The van der Waals surface area contributed by atoms with Gasteiger partial charge in [0.1, 0.15) is 0 Å². The number of benzene rings is 1. The molecule has 0 N–H and O–H groups in total. The molecule has 5 nitrogen and oxygen atoms in total. The Balaban J connectivity index is 1.49. The lowest BCUT2D eigenvalue weighted by atomic mass is 9.85. The molecule has 5 heteroatoms. The number of carbonyl (C=O) groups is 2. The van der Waals surface area contributed by atoms with Gasteiger partial charge in [0.05, 0.1) is 35.5 Å². The van der Waals surface area contributed by atoms with Crippen LogP contribution in [0.4, 0.5) is 5.69 Å². The van der Waals surface area contributed by atoms with Gasteiger partial charge in [-0.2, -0.15) is 5.10 Å². The standard InChI is InChI=1S/C22H23N3O2/c1-12-4-6-15(7-5-12)11-24-14(3)20(13(2)23-24)25-21(26)18-16-8-9-17(10-16)19(18)22(25)27/h4-9,16-19H,10-11H2,1-3H3/t16-,17-,18-,19-/m0/s1. The van der Waals surface area contributed by atoms with Gasteiger partial charge in [-0.25, -0.2) is 4.90 Å². The Morgan fingerprint density at radius 1 is 0.963 bits per heavy atom. The van der Waals surface area contributed by atoms with Crippen LogP contribution in [-0.4, -0.2) is 21.6 Å². The highest BCUT2D eigenvalue weighted by molar-refractivity contribution is 6.23. The average Bonchev–Trinajstić information content (AvgIpc) is 3.37. The number of imide groups is 1. The normalized spacial score (nSPS) is 28.5. The molecule has 1 saturated carbocycles. The van der Waals surface area contributed by atoms with Gasteiger partial charge in [0, 0.05) is 0 Å². The molecular formula is C22H23N3O2. The van der Waals surface area contributed by atoms with E-state index in [1.807, 2.05) is 18.5 Å². The number of amides is 2. The second kappa shape index (κ2) is 5.65. The fourth-order valence-electron chi connectivity index (χ4n) is 5.15. The quantitative estimate of drug-likeness (QED) is 0.623. The van der Waals surface area contributed by atoms with Gasteiger partial charge in [0.15, 0.2) is 0 Å². The number of hydrogen-bond donors (Lipinski definition) is 0. The fraction of sp³-hybridized carbons (Fsp3) is 0.409. The molecule has 0 spiro atoms. The van der Waals surface area contributed by atoms with E-state index in [2.05, 4.69) is 48.4 Å². The maximum Gasteiger partial charge on any atom is 0.238 e. The molecular weight excluding hydrogens is 338 g/mol. The lowest BCUT2D eigenvalue weighted by Gasteiger charge is -2.18. The van der Waals surface area contributed by atoms with Gasteiger partial charge in [-0.1, -0.05) is 42.0 Å². The number of carbonyl (C=O) groups excluding carboxylic acids is 2. The van der Waals surface area contributed by atoms with Crippen molar-refractivity contribution in [3.8, 4) is 0 Å². The van der Waals surface area contributed by atoms with Crippen molar-refractivity contribution in [3.05, 3.63) is 58.9 Å². The molecule has 2 aromatic rings. The van der Waals surface area contributed by atoms with Gasteiger partial charge in [0.25, 0.3) is 0 Å². The van der Waals surface area contributed by atoms with Crippen LogP contribution in [0.15, 0.2) is 36.4 Å². The summed E-state index contributed by atoms with van der Waals surface area (Å²) in [6.07, 6.45) is 5.20. The van der Waals surface area contributed by atoms with Gasteiger partial charge in [-0.15, -0.1) is 0 Å². The van der Waals surface area contributed by atoms with E-state index in [9.17, 15) is 9.59 Å². The minimum absolute atomic E-state index is 0.0389. The van der Waals surface area contributed by atoms with Crippen LogP contribution in [0.5, 0.6) is 0 Å². The predicted molar refractivity (Wildman–Crippen MR) is 102 cm³/mol. The predicted octanol–water partition coefficient (Wildman–Crippen LogP) is 3.17. The molecule has 1 saturated heterocycles. The summed E-state index contributed by atoms with van der Waals surface area (Å²) in [7, 11) is 0. The molecule has 2 amide bonds. The van der Waals surface area contributed by atoms with Crippen LogP contribution >= 0.6 is 0 Å². The summed E-state index contributed by atoms with van der Waals surface area (Å²) >= 11 is 0. The average molecular weight is 361 g/mol. The molecule has 2 heterocycles. The molecule has 27 heavy (non-hydrogen) atoms. The Bertz CT molecular complexity index is 956. The van der Waals surface area contributed by atoms with Gasteiger partial charge in [0.2, 0.25) is 11.8 Å². The first-order chi connectivity index (χ1) is 13.0. The highest BCUT2D eigenvalue weighted by Gasteiger charge is 2.60. The summed E-state index contributed by atoms with van der Waals surface area (Å²) in [5.74, 6) is 0.0266. The van der Waals surface area contributed by atoms with E-state index in [0.717, 1.165) is 23.4 Å². The summed E-state index contributed by atoms with van der Waals surface area (Å²) in [5, 5.41) is 4.64. The minimum atomic E-state index is -0.174. The highest BCUT2D eigenvalue weighted by Crippen LogP contribution is 2.53. The third kappa shape index (κ3) is 2.27. The van der Waals surface area contributed by atoms with Crippen molar-refractivity contribution in [2.45, 2.75) is 33.7 Å². The molecule has 3 aliphatic rings. The first-order valence-electron chi connectivity index (χ1n) is 9.61. The Morgan fingerprint density at radius 3 is 2.15 bits per heavy atom. The van der Waals surface area contributed by atoms with Crippen molar-refractivity contribution in [1.29, 1.82) is 0 Å². The maximum absolute atomic E-state index is 13.1. The second-order valence-corrected chi connectivity index (χ2v) is 8.17. The fourth-order valence-corrected chi connectivity index (χ4v) is 5.15. The van der Waals surface area contributed by atoms with Gasteiger partial charge >= 0.3 is 0 Å². The third-order valence-electron chi connectivity index (χ3n) is 6.49. The van der Waals surface area contributed by atoms with E-state index in [0.29, 0.717) is 12.2 Å². The summed E-state index contributed by atoms with van der Waals surface area (Å²) in [5.41, 5.74) is 4.66. The first-order valence-corrected chi connectivity index (χ1v) is 9.61. The van der Waals surface area contributed by atoms with E-state index in [4.69, 9.17) is 0 Å². The lowest BCUT2D eigenvalue weighted by Crippen LogP contribution is -2.33. The van der Waals surface area contributed by atoms with E-state index in [1.165, 1.54) is 10.5 Å². The molecule has 1 aliphatic heterocycles. The Morgan fingerprint density at radius 2 is 1.56 bits per heavy atom. The third-order valence-corrected chi connectivity index (χ3v) is 6.49. The minimum Gasteiger partial charge on any atom is -0.274 e. The zero-order chi connectivity index (χ0) is 18.9. The van der Waals surface area contributed by atoms with Gasteiger partial charge in [-0.3, -0.25) is 14.3 Å². The number of fused-ring (bicyclic) bond motifs is 5. The number of aromatic nitrogens is 2. The molecule has 5 rings (SSSR count). The summed E-state index contributed by atoms with van der Waals surface area (Å²) in [6, 6.07) is 8.34. The largest absolute Gasteiger partial charge is 0.274 e.